The first-order valence-electron chi connectivity index (χ1n) is 4.89. The van der Waals surface area contributed by atoms with E-state index in [0.717, 1.165) is 0 Å². The molecule has 0 aliphatic rings. The topological polar surface area (TPSA) is 69.7 Å². The van der Waals surface area contributed by atoms with Gasteiger partial charge in [-0.2, -0.15) is 0 Å². The average molecular weight is 236 g/mol. The summed E-state index contributed by atoms with van der Waals surface area (Å²) in [6, 6.07) is 5.93. The highest BCUT2D eigenvalue weighted by atomic mass is 16.5. The molecule has 1 aromatic carbocycles. The fourth-order valence-electron chi connectivity index (χ4n) is 1.16. The molecule has 0 aliphatic carbocycles. The van der Waals surface area contributed by atoms with Crippen LogP contribution in [0.2, 0.25) is 0 Å². The molecule has 0 amide bonds. The van der Waals surface area contributed by atoms with Gasteiger partial charge in [-0.05, 0) is 12.1 Å². The predicted molar refractivity (Wildman–Crippen MR) is 58.7 cm³/mol. The molecule has 0 spiro atoms. The number of Topliss-reactive ketones (excluding diaryl/α,β-unsaturated/α-hetero) is 1. The van der Waals surface area contributed by atoms with Crippen LogP contribution in [0.1, 0.15) is 27.6 Å². The zero-order chi connectivity index (χ0) is 12.8. The van der Waals surface area contributed by atoms with Crippen molar-refractivity contribution in [1.29, 1.82) is 0 Å². The lowest BCUT2D eigenvalue weighted by Crippen LogP contribution is -2.12. The fraction of sp³-hybridized carbons (Fsp3) is 0.250. The van der Waals surface area contributed by atoms with Crippen molar-refractivity contribution in [2.75, 3.05) is 13.7 Å². The second-order valence-electron chi connectivity index (χ2n) is 3.27. The predicted octanol–water partition coefficient (Wildman–Crippen LogP) is 1.22. The van der Waals surface area contributed by atoms with E-state index in [2.05, 4.69) is 9.47 Å². The van der Waals surface area contributed by atoms with Crippen LogP contribution in [0, 0.1) is 0 Å². The van der Waals surface area contributed by atoms with Crippen molar-refractivity contribution in [3.63, 3.8) is 0 Å². The highest BCUT2D eigenvalue weighted by Crippen LogP contribution is 2.06. The van der Waals surface area contributed by atoms with Crippen molar-refractivity contribution in [1.82, 2.24) is 0 Å². The highest BCUT2D eigenvalue weighted by Gasteiger charge is 2.09. The summed E-state index contributed by atoms with van der Waals surface area (Å²) < 4.78 is 9.10. The first kappa shape index (κ1) is 12.9. The lowest BCUT2D eigenvalue weighted by Gasteiger charge is -2.03. The number of hydrogen-bond acceptors (Lipinski definition) is 5. The second-order valence-corrected chi connectivity index (χ2v) is 3.27. The molecule has 0 fully saturated rings. The number of hydrogen-bond donors (Lipinski definition) is 0. The summed E-state index contributed by atoms with van der Waals surface area (Å²) in [5.41, 5.74) is 0.732. The number of carbonyl (C=O) groups excluding carboxylic acids is 3. The first-order chi connectivity index (χ1) is 8.04. The van der Waals surface area contributed by atoms with E-state index in [0.29, 0.717) is 11.1 Å². The minimum Gasteiger partial charge on any atom is -0.465 e. The Morgan fingerprint density at radius 1 is 1.06 bits per heavy atom. The molecule has 0 radical (unpaired) electrons. The highest BCUT2D eigenvalue weighted by molar-refractivity contribution is 5.99. The summed E-state index contributed by atoms with van der Waals surface area (Å²) in [6.45, 7) is 0.931. The Morgan fingerprint density at radius 2 is 1.59 bits per heavy atom. The van der Waals surface area contributed by atoms with E-state index in [4.69, 9.17) is 0 Å². The maximum absolute atomic E-state index is 11.5. The Morgan fingerprint density at radius 3 is 2.06 bits per heavy atom. The second kappa shape index (κ2) is 5.79. The molecular formula is C12H12O5. The SMILES string of the molecule is COC(=O)c1ccc(C(=O)COC(C)=O)cc1. The number of methoxy groups -OCH3 is 1. The Balaban J connectivity index is 2.70. The third-order valence-electron chi connectivity index (χ3n) is 2.03. The normalized spacial score (nSPS) is 9.53. The average Bonchev–Trinajstić information content (AvgIpc) is 2.35. The molecule has 17 heavy (non-hydrogen) atoms. The fourth-order valence-corrected chi connectivity index (χ4v) is 1.16. The van der Waals surface area contributed by atoms with Gasteiger partial charge in [-0.1, -0.05) is 12.1 Å². The van der Waals surface area contributed by atoms with Crippen LogP contribution < -0.4 is 0 Å². The summed E-state index contributed by atoms with van der Waals surface area (Å²) in [4.78, 5) is 33.2. The molecule has 0 saturated heterocycles. The maximum atomic E-state index is 11.5. The molecule has 0 heterocycles. The van der Waals surface area contributed by atoms with Crippen molar-refractivity contribution >= 4 is 17.7 Å². The third-order valence-corrected chi connectivity index (χ3v) is 2.03. The zero-order valence-corrected chi connectivity index (χ0v) is 9.56. The molecular weight excluding hydrogens is 224 g/mol. The summed E-state index contributed by atoms with van der Waals surface area (Å²) in [7, 11) is 1.28. The Hall–Kier alpha value is -2.17. The summed E-state index contributed by atoms with van der Waals surface area (Å²) >= 11 is 0. The van der Waals surface area contributed by atoms with Gasteiger partial charge in [-0.15, -0.1) is 0 Å². The van der Waals surface area contributed by atoms with Crippen molar-refractivity contribution < 1.29 is 23.9 Å². The Bertz CT molecular complexity index is 433. The number of carbonyl (C=O) groups is 3. The zero-order valence-electron chi connectivity index (χ0n) is 9.56. The lowest BCUT2D eigenvalue weighted by atomic mass is 10.1. The third kappa shape index (κ3) is 3.71. The van der Waals surface area contributed by atoms with Crippen LogP contribution in [-0.2, 0) is 14.3 Å². The lowest BCUT2D eigenvalue weighted by molar-refractivity contribution is -0.139. The van der Waals surface area contributed by atoms with Crippen molar-refractivity contribution in [2.45, 2.75) is 6.92 Å². The number of rotatable bonds is 4. The molecule has 5 heteroatoms. The smallest absolute Gasteiger partial charge is 0.337 e. The van der Waals surface area contributed by atoms with E-state index in [1.165, 1.54) is 38.3 Å². The molecule has 1 aromatic rings. The van der Waals surface area contributed by atoms with Crippen molar-refractivity contribution in [3.05, 3.63) is 35.4 Å². The summed E-state index contributed by atoms with van der Waals surface area (Å²) in [5.74, 6) is -1.30. The monoisotopic (exact) mass is 236 g/mol. The maximum Gasteiger partial charge on any atom is 0.337 e. The van der Waals surface area contributed by atoms with Crippen LogP contribution in [-0.4, -0.2) is 31.4 Å². The molecule has 90 valence electrons. The molecule has 0 aliphatic heterocycles. The largest absolute Gasteiger partial charge is 0.465 e. The molecule has 0 unspecified atom stereocenters. The Labute approximate surface area is 98.3 Å². The van der Waals surface area contributed by atoms with Gasteiger partial charge in [0.05, 0.1) is 12.7 Å². The summed E-state index contributed by atoms with van der Waals surface area (Å²) in [5, 5.41) is 0. The molecule has 0 N–H and O–H groups in total. The van der Waals surface area contributed by atoms with Gasteiger partial charge in [0.1, 0.15) is 0 Å². The number of ketones is 1. The molecule has 0 bridgehead atoms. The standard InChI is InChI=1S/C12H12O5/c1-8(13)17-7-11(14)9-3-5-10(6-4-9)12(15)16-2/h3-6H,7H2,1-2H3. The number of benzene rings is 1. The quantitative estimate of drug-likeness (QED) is 0.580. The summed E-state index contributed by atoms with van der Waals surface area (Å²) in [6.07, 6.45) is 0. The molecule has 0 aromatic heterocycles. The van der Waals surface area contributed by atoms with Gasteiger partial charge >= 0.3 is 11.9 Å². The van der Waals surface area contributed by atoms with Crippen LogP contribution in [0.25, 0.3) is 0 Å². The van der Waals surface area contributed by atoms with E-state index < -0.39 is 11.9 Å². The van der Waals surface area contributed by atoms with Crippen molar-refractivity contribution in [3.8, 4) is 0 Å². The molecule has 1 rings (SSSR count). The van der Waals surface area contributed by atoms with Crippen LogP contribution in [0.3, 0.4) is 0 Å². The van der Waals surface area contributed by atoms with Crippen molar-refractivity contribution in [2.24, 2.45) is 0 Å². The van der Waals surface area contributed by atoms with Crippen LogP contribution in [0.4, 0.5) is 0 Å². The molecule has 0 saturated carbocycles. The van der Waals surface area contributed by atoms with Crippen LogP contribution >= 0.6 is 0 Å². The van der Waals surface area contributed by atoms with Crippen LogP contribution in [0.5, 0.6) is 0 Å². The van der Waals surface area contributed by atoms with E-state index in [1.807, 2.05) is 0 Å². The van der Waals surface area contributed by atoms with Gasteiger partial charge in [0.15, 0.2) is 12.4 Å². The minimum atomic E-state index is -0.510. The van der Waals surface area contributed by atoms with Gasteiger partial charge < -0.3 is 9.47 Å². The van der Waals surface area contributed by atoms with Gasteiger partial charge in [-0.3, -0.25) is 9.59 Å². The number of esters is 2. The number of ether oxygens (including phenoxy) is 2. The van der Waals surface area contributed by atoms with E-state index in [1.54, 1.807) is 0 Å². The van der Waals surface area contributed by atoms with Gasteiger partial charge in [-0.25, -0.2) is 4.79 Å². The van der Waals surface area contributed by atoms with Gasteiger partial charge in [0.25, 0.3) is 0 Å². The van der Waals surface area contributed by atoms with E-state index in [-0.39, 0.29) is 12.4 Å². The van der Waals surface area contributed by atoms with E-state index in [9.17, 15) is 14.4 Å². The van der Waals surface area contributed by atoms with Crippen LogP contribution in [0.15, 0.2) is 24.3 Å². The minimum absolute atomic E-state index is 0.299. The first-order valence-corrected chi connectivity index (χ1v) is 4.89. The van der Waals surface area contributed by atoms with Gasteiger partial charge in [0, 0.05) is 12.5 Å². The molecule has 5 nitrogen and oxygen atoms in total. The van der Waals surface area contributed by atoms with E-state index >= 15 is 0 Å². The Kier molecular flexibility index (Phi) is 4.39. The van der Waals surface area contributed by atoms with Gasteiger partial charge in [0.2, 0.25) is 0 Å². The molecule has 0 atom stereocenters.